The summed E-state index contributed by atoms with van der Waals surface area (Å²) in [5.74, 6) is 2.62. The lowest BCUT2D eigenvalue weighted by Crippen LogP contribution is -2.29. The lowest BCUT2D eigenvalue weighted by molar-refractivity contribution is 0.141. The Labute approximate surface area is 172 Å². The van der Waals surface area contributed by atoms with Crippen LogP contribution in [0.2, 0.25) is 0 Å². The molecule has 3 aromatic rings. The number of amides is 1. The highest BCUT2D eigenvalue weighted by atomic mass is 79.9. The zero-order valence-corrected chi connectivity index (χ0v) is 16.6. The van der Waals surface area contributed by atoms with Gasteiger partial charge in [-0.3, -0.25) is 0 Å². The minimum absolute atomic E-state index is 0.0216. The zero-order valence-electron chi connectivity index (χ0n) is 15.1. The fourth-order valence-corrected chi connectivity index (χ4v) is 4.08. The Morgan fingerprint density at radius 3 is 2.29 bits per heavy atom. The predicted octanol–water partition coefficient (Wildman–Crippen LogP) is 5.66. The van der Waals surface area contributed by atoms with Crippen molar-refractivity contribution in [3.05, 3.63) is 94.0 Å². The van der Waals surface area contributed by atoms with E-state index in [4.69, 9.17) is 11.2 Å². The van der Waals surface area contributed by atoms with Crippen molar-refractivity contribution in [3.8, 4) is 23.5 Å². The number of hydrogen-bond donors (Lipinski definition) is 1. The molecule has 3 aromatic carbocycles. The largest absolute Gasteiger partial charge is 0.449 e. The first kappa shape index (κ1) is 18.3. The SMILES string of the molecule is C#CC(NC(=O)OCC1c2ccccc2-c2ccccc21)c1cccc(Br)c1. The van der Waals surface area contributed by atoms with Crippen LogP contribution in [0.1, 0.15) is 28.7 Å². The van der Waals surface area contributed by atoms with Crippen LogP contribution in [-0.2, 0) is 4.74 Å². The highest BCUT2D eigenvalue weighted by molar-refractivity contribution is 9.10. The van der Waals surface area contributed by atoms with E-state index < -0.39 is 12.1 Å². The van der Waals surface area contributed by atoms with Crippen LogP contribution >= 0.6 is 15.9 Å². The van der Waals surface area contributed by atoms with Crippen molar-refractivity contribution in [2.75, 3.05) is 6.61 Å². The summed E-state index contributed by atoms with van der Waals surface area (Å²) in [4.78, 5) is 12.4. The molecule has 1 N–H and O–H groups in total. The Kier molecular flexibility index (Phi) is 5.18. The molecule has 0 spiro atoms. The number of terminal acetylenes is 1. The normalized spacial score (nSPS) is 13.1. The molecule has 0 saturated heterocycles. The Morgan fingerprint density at radius 1 is 1.04 bits per heavy atom. The maximum Gasteiger partial charge on any atom is 0.408 e. The molecule has 4 heteroatoms. The summed E-state index contributed by atoms with van der Waals surface area (Å²) in [5.41, 5.74) is 5.57. The Hall–Kier alpha value is -3.03. The second-order valence-corrected chi connectivity index (χ2v) is 7.54. The molecule has 138 valence electrons. The molecule has 0 aliphatic heterocycles. The van der Waals surface area contributed by atoms with E-state index in [1.54, 1.807) is 0 Å². The second kappa shape index (κ2) is 7.92. The number of fused-ring (bicyclic) bond motifs is 3. The van der Waals surface area contributed by atoms with Crippen LogP contribution in [0.15, 0.2) is 77.3 Å². The number of alkyl carbamates (subject to hydrolysis) is 1. The van der Waals surface area contributed by atoms with Gasteiger partial charge >= 0.3 is 6.09 Å². The van der Waals surface area contributed by atoms with Crippen molar-refractivity contribution in [2.24, 2.45) is 0 Å². The van der Waals surface area contributed by atoms with Gasteiger partial charge in [-0.25, -0.2) is 4.79 Å². The van der Waals surface area contributed by atoms with Gasteiger partial charge in [-0.2, -0.15) is 0 Å². The number of nitrogens with one attached hydrogen (secondary N) is 1. The van der Waals surface area contributed by atoms with Crippen molar-refractivity contribution >= 4 is 22.0 Å². The number of carbonyl (C=O) groups is 1. The molecule has 0 aromatic heterocycles. The molecule has 4 rings (SSSR count). The highest BCUT2D eigenvalue weighted by Crippen LogP contribution is 2.44. The average Bonchev–Trinajstić information content (AvgIpc) is 3.04. The molecule has 28 heavy (non-hydrogen) atoms. The lowest BCUT2D eigenvalue weighted by atomic mass is 9.98. The van der Waals surface area contributed by atoms with Gasteiger partial charge in [0.1, 0.15) is 12.6 Å². The van der Waals surface area contributed by atoms with Gasteiger partial charge in [0.15, 0.2) is 0 Å². The van der Waals surface area contributed by atoms with Crippen molar-refractivity contribution < 1.29 is 9.53 Å². The smallest absolute Gasteiger partial charge is 0.408 e. The van der Waals surface area contributed by atoms with Gasteiger partial charge in [-0.15, -0.1) is 6.42 Å². The molecule has 1 atom stereocenters. The minimum atomic E-state index is -0.548. The molecule has 0 fully saturated rings. The van der Waals surface area contributed by atoms with E-state index in [0.717, 1.165) is 10.0 Å². The third kappa shape index (κ3) is 3.54. The van der Waals surface area contributed by atoms with Gasteiger partial charge in [0.2, 0.25) is 0 Å². The van der Waals surface area contributed by atoms with Crippen LogP contribution in [0.5, 0.6) is 0 Å². The topological polar surface area (TPSA) is 38.3 Å². The summed E-state index contributed by atoms with van der Waals surface area (Å²) in [6.07, 6.45) is 5.09. The number of carbonyl (C=O) groups excluding carboxylic acids is 1. The van der Waals surface area contributed by atoms with E-state index >= 15 is 0 Å². The number of rotatable bonds is 4. The lowest BCUT2D eigenvalue weighted by Gasteiger charge is -2.17. The molecule has 3 nitrogen and oxygen atoms in total. The molecule has 0 bridgehead atoms. The number of benzene rings is 3. The standard InChI is InChI=1S/C24H18BrNO2/c1-2-23(16-8-7-9-17(25)14-16)26-24(27)28-15-22-20-12-5-3-10-18(20)19-11-4-6-13-21(19)22/h1,3-14,22-23H,15H2,(H,26,27). The summed E-state index contributed by atoms with van der Waals surface area (Å²) in [6, 6.07) is 23.5. The Morgan fingerprint density at radius 2 is 1.68 bits per heavy atom. The maximum absolute atomic E-state index is 12.4. The van der Waals surface area contributed by atoms with Crippen LogP contribution < -0.4 is 5.32 Å². The summed E-state index contributed by atoms with van der Waals surface area (Å²) >= 11 is 3.42. The number of ether oxygens (including phenoxy) is 1. The predicted molar refractivity (Wildman–Crippen MR) is 114 cm³/mol. The first-order valence-corrected chi connectivity index (χ1v) is 9.80. The molecule has 1 amide bonds. The number of halogens is 1. The molecule has 0 radical (unpaired) electrons. The van der Waals surface area contributed by atoms with Crippen LogP contribution in [0.4, 0.5) is 4.79 Å². The Balaban J connectivity index is 1.47. The summed E-state index contributed by atoms with van der Waals surface area (Å²) in [5, 5.41) is 2.76. The molecule has 1 aliphatic carbocycles. The molecule has 0 heterocycles. The van der Waals surface area contributed by atoms with Crippen LogP contribution in [-0.4, -0.2) is 12.7 Å². The van der Waals surface area contributed by atoms with E-state index in [1.807, 2.05) is 48.5 Å². The molecule has 0 saturated carbocycles. The first-order chi connectivity index (χ1) is 13.7. The van der Waals surface area contributed by atoms with Crippen LogP contribution in [0.25, 0.3) is 11.1 Å². The zero-order chi connectivity index (χ0) is 19.5. The minimum Gasteiger partial charge on any atom is -0.449 e. The van der Waals surface area contributed by atoms with E-state index in [1.165, 1.54) is 22.3 Å². The average molecular weight is 432 g/mol. The third-order valence-corrected chi connectivity index (χ3v) is 5.45. The van der Waals surface area contributed by atoms with Gasteiger partial charge in [-0.1, -0.05) is 82.5 Å². The van der Waals surface area contributed by atoms with E-state index in [0.29, 0.717) is 0 Å². The van der Waals surface area contributed by atoms with Crippen LogP contribution in [0, 0.1) is 12.3 Å². The maximum atomic E-state index is 12.4. The van der Waals surface area contributed by atoms with Crippen molar-refractivity contribution in [2.45, 2.75) is 12.0 Å². The summed E-state index contributed by atoms with van der Waals surface area (Å²) < 4.78 is 6.47. The second-order valence-electron chi connectivity index (χ2n) is 6.62. The number of hydrogen-bond acceptors (Lipinski definition) is 2. The van der Waals surface area contributed by atoms with Crippen molar-refractivity contribution in [3.63, 3.8) is 0 Å². The van der Waals surface area contributed by atoms with Gasteiger partial charge < -0.3 is 10.1 Å². The van der Waals surface area contributed by atoms with Crippen molar-refractivity contribution in [1.29, 1.82) is 0 Å². The van der Waals surface area contributed by atoms with Gasteiger partial charge in [0.05, 0.1) is 0 Å². The molecule has 1 aliphatic rings. The third-order valence-electron chi connectivity index (χ3n) is 4.95. The fourth-order valence-electron chi connectivity index (χ4n) is 3.67. The van der Waals surface area contributed by atoms with Gasteiger partial charge in [-0.05, 0) is 39.9 Å². The van der Waals surface area contributed by atoms with Crippen molar-refractivity contribution in [1.82, 2.24) is 5.32 Å². The first-order valence-electron chi connectivity index (χ1n) is 9.00. The summed E-state index contributed by atoms with van der Waals surface area (Å²) in [7, 11) is 0. The Bertz CT molecular complexity index is 1020. The highest BCUT2D eigenvalue weighted by Gasteiger charge is 2.29. The van der Waals surface area contributed by atoms with E-state index in [9.17, 15) is 4.79 Å². The molecular formula is C24H18BrNO2. The van der Waals surface area contributed by atoms with Gasteiger partial charge in [0, 0.05) is 10.4 Å². The van der Waals surface area contributed by atoms with Gasteiger partial charge in [0.25, 0.3) is 0 Å². The van der Waals surface area contributed by atoms with E-state index in [-0.39, 0.29) is 12.5 Å². The fraction of sp³-hybridized carbons (Fsp3) is 0.125. The van der Waals surface area contributed by atoms with Crippen LogP contribution in [0.3, 0.4) is 0 Å². The molecular weight excluding hydrogens is 414 g/mol. The monoisotopic (exact) mass is 431 g/mol. The van der Waals surface area contributed by atoms with E-state index in [2.05, 4.69) is 51.4 Å². The summed E-state index contributed by atoms with van der Waals surface area (Å²) in [6.45, 7) is 0.260. The quantitative estimate of drug-likeness (QED) is 0.541. The molecule has 1 unspecified atom stereocenters.